The molecule has 1 aliphatic rings. The molecule has 26 heavy (non-hydrogen) atoms. The summed E-state index contributed by atoms with van der Waals surface area (Å²) in [6, 6.07) is 23.9. The van der Waals surface area contributed by atoms with Crippen LogP contribution in [-0.2, 0) is 5.66 Å². The van der Waals surface area contributed by atoms with Crippen molar-refractivity contribution in [2.75, 3.05) is 0 Å². The van der Waals surface area contributed by atoms with Crippen LogP contribution < -0.4 is 5.32 Å². The van der Waals surface area contributed by atoms with Gasteiger partial charge in [0, 0.05) is 17.2 Å². The standard InChI is InChI=1S/C20H13Cl2N3O/c21-17-12-11-16(13-18(17)22)25-19(26)23-20(24-25,14-7-3-1-4-8-14)15-9-5-2-6-10-15/h1-13H/p+1. The predicted molar refractivity (Wildman–Crippen MR) is 101 cm³/mol. The third kappa shape index (κ3) is 2.77. The third-order valence-corrected chi connectivity index (χ3v) is 5.00. The van der Waals surface area contributed by atoms with Crippen LogP contribution in [0.5, 0.6) is 0 Å². The van der Waals surface area contributed by atoms with Gasteiger partial charge in [-0.15, -0.1) is 0 Å². The first kappa shape index (κ1) is 16.8. The maximum absolute atomic E-state index is 12.8. The van der Waals surface area contributed by atoms with Crippen molar-refractivity contribution < 1.29 is 9.49 Å². The van der Waals surface area contributed by atoms with Crippen LogP contribution >= 0.6 is 23.2 Å². The summed E-state index contributed by atoms with van der Waals surface area (Å²) in [5.74, 6) is 0. The van der Waals surface area contributed by atoms with E-state index in [4.69, 9.17) is 28.3 Å². The van der Waals surface area contributed by atoms with Gasteiger partial charge in [-0.05, 0) is 17.2 Å². The van der Waals surface area contributed by atoms with E-state index in [2.05, 4.69) is 5.32 Å². The average molecular weight is 383 g/mol. The molecule has 128 valence electrons. The van der Waals surface area contributed by atoms with E-state index in [0.717, 1.165) is 11.1 Å². The maximum Gasteiger partial charge on any atom is 0.519 e. The zero-order valence-corrected chi connectivity index (χ0v) is 15.1. The maximum atomic E-state index is 12.8. The minimum atomic E-state index is -1.01. The summed E-state index contributed by atoms with van der Waals surface area (Å²) in [5, 5.41) is 8.57. The SMILES string of the molecule is O=C1NC(c2ccccc2)(c2ccccc2)N=[N+]1c1ccc(Cl)c(Cl)c1. The second-order valence-electron chi connectivity index (χ2n) is 5.88. The molecule has 2 amide bonds. The molecule has 0 fully saturated rings. The number of amides is 2. The quantitative estimate of drug-likeness (QED) is 0.578. The summed E-state index contributed by atoms with van der Waals surface area (Å²) in [7, 11) is 0. The number of benzene rings is 3. The van der Waals surface area contributed by atoms with E-state index in [1.807, 2.05) is 60.7 Å². The first-order valence-electron chi connectivity index (χ1n) is 8.01. The highest BCUT2D eigenvalue weighted by Gasteiger charge is 2.50. The lowest BCUT2D eigenvalue weighted by molar-refractivity contribution is -0.403. The fraction of sp³-hybridized carbons (Fsp3) is 0.0500. The molecule has 0 radical (unpaired) electrons. The molecule has 4 nitrogen and oxygen atoms in total. The smallest absolute Gasteiger partial charge is 0.199 e. The van der Waals surface area contributed by atoms with Gasteiger partial charge in [-0.2, -0.15) is 10.1 Å². The number of nitrogens with zero attached hydrogens (tertiary/aromatic N) is 2. The monoisotopic (exact) mass is 382 g/mol. The van der Waals surface area contributed by atoms with Gasteiger partial charge in [-0.3, -0.25) is 0 Å². The van der Waals surface area contributed by atoms with Gasteiger partial charge in [-0.25, -0.2) is 0 Å². The van der Waals surface area contributed by atoms with E-state index in [0.29, 0.717) is 15.7 Å². The minimum absolute atomic E-state index is 0.337. The van der Waals surface area contributed by atoms with E-state index >= 15 is 0 Å². The number of azo groups is 2. The molecule has 0 bridgehead atoms. The van der Waals surface area contributed by atoms with Gasteiger partial charge in [0.1, 0.15) is 0 Å². The topological polar surface area (TPSA) is 44.5 Å². The van der Waals surface area contributed by atoms with E-state index in [1.165, 1.54) is 4.70 Å². The second kappa shape index (κ2) is 6.56. The summed E-state index contributed by atoms with van der Waals surface area (Å²) in [4.78, 5) is 12.8. The number of urea groups is 1. The van der Waals surface area contributed by atoms with Crippen molar-refractivity contribution in [2.24, 2.45) is 5.11 Å². The van der Waals surface area contributed by atoms with Crippen molar-refractivity contribution in [3.63, 3.8) is 0 Å². The lowest BCUT2D eigenvalue weighted by Crippen LogP contribution is -2.40. The fourth-order valence-corrected chi connectivity index (χ4v) is 3.30. The molecule has 1 N–H and O–H groups in total. The molecule has 4 rings (SSSR count). The zero-order chi connectivity index (χ0) is 18.1. The number of carbonyl (C=O) groups is 1. The van der Waals surface area contributed by atoms with Gasteiger partial charge in [0.05, 0.1) is 10.0 Å². The molecule has 0 saturated heterocycles. The van der Waals surface area contributed by atoms with Crippen LogP contribution in [0, 0.1) is 0 Å². The molecule has 6 heteroatoms. The molecular formula is C20H14Cl2N3O+. The molecule has 0 saturated carbocycles. The van der Waals surface area contributed by atoms with Crippen molar-refractivity contribution in [1.29, 1.82) is 0 Å². The first-order chi connectivity index (χ1) is 12.6. The Bertz CT molecular complexity index is 965. The van der Waals surface area contributed by atoms with Crippen molar-refractivity contribution in [2.45, 2.75) is 5.66 Å². The summed E-state index contributed by atoms with van der Waals surface area (Å²) < 4.78 is 1.32. The summed E-state index contributed by atoms with van der Waals surface area (Å²) >= 11 is 12.1. The zero-order valence-electron chi connectivity index (χ0n) is 13.6. The van der Waals surface area contributed by atoms with Crippen molar-refractivity contribution in [1.82, 2.24) is 5.32 Å². The normalized spacial score (nSPS) is 15.5. The van der Waals surface area contributed by atoms with Crippen LogP contribution in [0.25, 0.3) is 0 Å². The van der Waals surface area contributed by atoms with E-state index in [9.17, 15) is 4.79 Å². The number of rotatable bonds is 3. The fourth-order valence-electron chi connectivity index (χ4n) is 3.01. The molecule has 0 aliphatic carbocycles. The van der Waals surface area contributed by atoms with Crippen LogP contribution in [-0.4, -0.2) is 10.7 Å². The van der Waals surface area contributed by atoms with Crippen molar-refractivity contribution >= 4 is 34.9 Å². The van der Waals surface area contributed by atoms with Gasteiger partial charge in [-0.1, -0.05) is 88.6 Å². The molecule has 0 atom stereocenters. The Labute approximate surface area is 160 Å². The van der Waals surface area contributed by atoms with Crippen molar-refractivity contribution in [3.8, 4) is 0 Å². The Balaban J connectivity index is 1.92. The van der Waals surface area contributed by atoms with Crippen LogP contribution in [0.2, 0.25) is 10.0 Å². The lowest BCUT2D eigenvalue weighted by atomic mass is 9.92. The van der Waals surface area contributed by atoms with E-state index in [1.54, 1.807) is 18.2 Å². The van der Waals surface area contributed by atoms with Crippen LogP contribution in [0.15, 0.2) is 84.0 Å². The molecule has 1 aliphatic heterocycles. The van der Waals surface area contributed by atoms with E-state index < -0.39 is 5.66 Å². The van der Waals surface area contributed by atoms with Crippen LogP contribution in [0.1, 0.15) is 11.1 Å². The van der Waals surface area contributed by atoms with Gasteiger partial charge in [0.25, 0.3) is 5.66 Å². The number of halogens is 2. The van der Waals surface area contributed by atoms with Gasteiger partial charge in [0.2, 0.25) is 0 Å². The minimum Gasteiger partial charge on any atom is -0.199 e. The van der Waals surface area contributed by atoms with Crippen molar-refractivity contribution in [3.05, 3.63) is 100 Å². The molecule has 1 heterocycles. The number of hydrogen-bond donors (Lipinski definition) is 1. The number of nitrogens with one attached hydrogen (secondary N) is 1. The Kier molecular flexibility index (Phi) is 4.23. The molecule has 0 aromatic heterocycles. The average Bonchev–Trinajstić information content (AvgIpc) is 3.04. The van der Waals surface area contributed by atoms with Crippen LogP contribution in [0.3, 0.4) is 0 Å². The highest BCUT2D eigenvalue weighted by Crippen LogP contribution is 2.37. The van der Waals surface area contributed by atoms with Gasteiger partial charge >= 0.3 is 6.03 Å². The Hall–Kier alpha value is -2.69. The second-order valence-corrected chi connectivity index (χ2v) is 6.70. The molecule has 3 aromatic carbocycles. The van der Waals surface area contributed by atoms with Gasteiger partial charge < -0.3 is 0 Å². The summed E-state index contributed by atoms with van der Waals surface area (Å²) in [6.45, 7) is 0. The molecule has 0 unspecified atom stereocenters. The molecular weight excluding hydrogens is 369 g/mol. The summed E-state index contributed by atoms with van der Waals surface area (Å²) in [5.41, 5.74) is 1.26. The Morgan fingerprint density at radius 2 is 1.38 bits per heavy atom. The molecule has 3 aromatic rings. The lowest BCUT2D eigenvalue weighted by Gasteiger charge is -2.20. The highest BCUT2D eigenvalue weighted by atomic mass is 35.5. The van der Waals surface area contributed by atoms with Gasteiger partial charge in [0.15, 0.2) is 5.69 Å². The number of carbonyl (C=O) groups excluding carboxylic acids is 1. The van der Waals surface area contributed by atoms with E-state index in [-0.39, 0.29) is 6.03 Å². The largest absolute Gasteiger partial charge is 0.519 e. The number of hydrogen-bond acceptors (Lipinski definition) is 2. The first-order valence-corrected chi connectivity index (χ1v) is 8.77. The molecule has 0 spiro atoms. The third-order valence-electron chi connectivity index (χ3n) is 4.26. The highest BCUT2D eigenvalue weighted by molar-refractivity contribution is 6.42. The summed E-state index contributed by atoms with van der Waals surface area (Å²) in [6.07, 6.45) is 0. The Morgan fingerprint density at radius 3 is 1.92 bits per heavy atom. The Morgan fingerprint density at radius 1 is 0.808 bits per heavy atom. The predicted octanol–water partition coefficient (Wildman–Crippen LogP) is 5.71. The van der Waals surface area contributed by atoms with Crippen LogP contribution in [0.4, 0.5) is 10.5 Å².